The largest absolute Gasteiger partial charge is 0.293 e. The molecular formula is C22H19N5O. The number of H-pyrrole nitrogens is 2. The van der Waals surface area contributed by atoms with Crippen molar-refractivity contribution in [1.82, 2.24) is 20.4 Å². The second kappa shape index (κ2) is 6.03. The molecule has 6 nitrogen and oxygen atoms in total. The number of nitrogens with zero attached hydrogens (tertiary/aromatic N) is 3. The maximum atomic E-state index is 12.8. The minimum atomic E-state index is -0.567. The Hall–Kier alpha value is -3.46. The van der Waals surface area contributed by atoms with Crippen molar-refractivity contribution in [1.29, 1.82) is 5.26 Å². The molecule has 2 aliphatic rings. The normalized spacial score (nSPS) is 26.1. The van der Waals surface area contributed by atoms with E-state index in [1.54, 1.807) is 6.20 Å². The van der Waals surface area contributed by atoms with Gasteiger partial charge in [-0.3, -0.25) is 15.0 Å². The average Bonchev–Trinajstić information content (AvgIpc) is 3.40. The van der Waals surface area contributed by atoms with E-state index >= 15 is 0 Å². The summed E-state index contributed by atoms with van der Waals surface area (Å²) >= 11 is 0. The van der Waals surface area contributed by atoms with E-state index in [1.165, 1.54) is 0 Å². The topological polar surface area (TPSA) is 98.2 Å². The summed E-state index contributed by atoms with van der Waals surface area (Å²) in [7, 11) is 0. The molecule has 138 valence electrons. The first-order valence-corrected chi connectivity index (χ1v) is 9.46. The molecule has 28 heavy (non-hydrogen) atoms. The van der Waals surface area contributed by atoms with Crippen LogP contribution in [0, 0.1) is 23.2 Å². The number of hydrogen-bond acceptors (Lipinski definition) is 4. The van der Waals surface area contributed by atoms with E-state index in [0.29, 0.717) is 0 Å². The fourth-order valence-electron chi connectivity index (χ4n) is 5.08. The standard InChI is InChI=1S/C22H19N5O/c1-13-18-8-7-17-19(15-11-24-25-12-15)26-27-21(17)22(18,9-14(10-23)20(13)28)16-5-3-2-4-6-16/h2-6,9,11-13,18H,7-8H2,1H3,(H,24,25)(H,26,27). The summed E-state index contributed by atoms with van der Waals surface area (Å²) in [6, 6.07) is 12.3. The second-order valence-corrected chi connectivity index (χ2v) is 7.62. The molecule has 0 bridgehead atoms. The molecule has 0 saturated carbocycles. The molecule has 3 atom stereocenters. The first-order chi connectivity index (χ1) is 13.7. The number of benzene rings is 1. The zero-order valence-electron chi connectivity index (χ0n) is 15.4. The molecule has 5 rings (SSSR count). The van der Waals surface area contributed by atoms with E-state index in [1.807, 2.05) is 37.4 Å². The van der Waals surface area contributed by atoms with Crippen LogP contribution >= 0.6 is 0 Å². The summed E-state index contributed by atoms with van der Waals surface area (Å²) in [4.78, 5) is 12.8. The van der Waals surface area contributed by atoms with Crippen LogP contribution in [-0.4, -0.2) is 26.2 Å². The van der Waals surface area contributed by atoms with Gasteiger partial charge in [0.2, 0.25) is 0 Å². The SMILES string of the molecule is CC1C(=O)C(C#N)=CC2(c3ccccc3)c3[nH]nc(-c4cn[nH]c4)c3CCC12. The summed E-state index contributed by atoms with van der Waals surface area (Å²) in [6.45, 7) is 1.95. The summed E-state index contributed by atoms with van der Waals surface area (Å²) in [5, 5.41) is 24.4. The number of Topliss-reactive ketones (excluding diaryl/α,β-unsaturated/α-hetero) is 1. The number of ketones is 1. The lowest BCUT2D eigenvalue weighted by molar-refractivity contribution is -0.121. The van der Waals surface area contributed by atoms with Gasteiger partial charge in [-0.05, 0) is 30.4 Å². The highest BCUT2D eigenvalue weighted by atomic mass is 16.1. The van der Waals surface area contributed by atoms with Gasteiger partial charge in [0.05, 0.1) is 28.6 Å². The Labute approximate surface area is 162 Å². The Morgan fingerprint density at radius 3 is 2.82 bits per heavy atom. The van der Waals surface area contributed by atoms with Crippen molar-refractivity contribution in [3.8, 4) is 17.3 Å². The van der Waals surface area contributed by atoms with Crippen molar-refractivity contribution in [2.75, 3.05) is 0 Å². The van der Waals surface area contributed by atoms with Crippen molar-refractivity contribution in [2.24, 2.45) is 11.8 Å². The lowest BCUT2D eigenvalue weighted by Crippen LogP contribution is -2.48. The monoisotopic (exact) mass is 369 g/mol. The first kappa shape index (κ1) is 16.7. The fourth-order valence-corrected chi connectivity index (χ4v) is 5.08. The van der Waals surface area contributed by atoms with Crippen molar-refractivity contribution >= 4 is 5.78 Å². The van der Waals surface area contributed by atoms with Crippen LogP contribution in [0.1, 0.15) is 30.2 Å². The maximum absolute atomic E-state index is 12.8. The van der Waals surface area contributed by atoms with E-state index in [2.05, 4.69) is 38.6 Å². The van der Waals surface area contributed by atoms with Gasteiger partial charge in [0.25, 0.3) is 0 Å². The van der Waals surface area contributed by atoms with Crippen LogP contribution in [0.25, 0.3) is 11.3 Å². The molecule has 0 radical (unpaired) electrons. The molecule has 0 aliphatic heterocycles. The molecule has 0 amide bonds. The molecule has 0 saturated heterocycles. The van der Waals surface area contributed by atoms with E-state index < -0.39 is 5.41 Å². The van der Waals surface area contributed by atoms with Gasteiger partial charge in [0.15, 0.2) is 5.78 Å². The van der Waals surface area contributed by atoms with Gasteiger partial charge >= 0.3 is 0 Å². The predicted octanol–water partition coefficient (Wildman–Crippen LogP) is 3.32. The molecule has 1 aromatic carbocycles. The van der Waals surface area contributed by atoms with Gasteiger partial charge in [-0.25, -0.2) is 0 Å². The fraction of sp³-hybridized carbons (Fsp3) is 0.273. The minimum Gasteiger partial charge on any atom is -0.293 e. The number of fused-ring (bicyclic) bond motifs is 3. The molecule has 2 aliphatic carbocycles. The van der Waals surface area contributed by atoms with Gasteiger partial charge < -0.3 is 0 Å². The minimum absolute atomic E-state index is 0.0583. The van der Waals surface area contributed by atoms with E-state index in [-0.39, 0.29) is 23.2 Å². The summed E-state index contributed by atoms with van der Waals surface area (Å²) < 4.78 is 0. The number of aromatic nitrogens is 4. The van der Waals surface area contributed by atoms with Crippen molar-refractivity contribution < 1.29 is 4.79 Å². The highest BCUT2D eigenvalue weighted by Crippen LogP contribution is 2.54. The summed E-state index contributed by atoms with van der Waals surface area (Å²) in [6.07, 6.45) is 7.17. The van der Waals surface area contributed by atoms with Crippen molar-refractivity contribution in [2.45, 2.75) is 25.2 Å². The van der Waals surface area contributed by atoms with E-state index in [0.717, 1.165) is 40.9 Å². The third kappa shape index (κ3) is 2.10. The zero-order valence-corrected chi connectivity index (χ0v) is 15.4. The highest BCUT2D eigenvalue weighted by Gasteiger charge is 2.53. The first-order valence-electron chi connectivity index (χ1n) is 9.46. The molecular weight excluding hydrogens is 350 g/mol. The number of aromatic amines is 2. The van der Waals surface area contributed by atoms with Crippen LogP contribution < -0.4 is 0 Å². The molecule has 2 heterocycles. The summed E-state index contributed by atoms with van der Waals surface area (Å²) in [5.41, 5.74) is 4.69. The van der Waals surface area contributed by atoms with Gasteiger partial charge in [-0.15, -0.1) is 0 Å². The number of allylic oxidation sites excluding steroid dienone is 2. The van der Waals surface area contributed by atoms with Crippen LogP contribution in [0.4, 0.5) is 0 Å². The third-order valence-corrected chi connectivity index (χ3v) is 6.37. The van der Waals surface area contributed by atoms with Crippen LogP contribution in [0.2, 0.25) is 0 Å². The molecule has 2 aromatic heterocycles. The van der Waals surface area contributed by atoms with Gasteiger partial charge in [-0.1, -0.05) is 37.3 Å². The quantitative estimate of drug-likeness (QED) is 0.724. The Morgan fingerprint density at radius 1 is 1.29 bits per heavy atom. The Morgan fingerprint density at radius 2 is 2.11 bits per heavy atom. The third-order valence-electron chi connectivity index (χ3n) is 6.37. The van der Waals surface area contributed by atoms with Crippen molar-refractivity contribution in [3.05, 3.63) is 71.2 Å². The summed E-state index contributed by atoms with van der Waals surface area (Å²) in [5.74, 6) is -0.213. The zero-order chi connectivity index (χ0) is 19.3. The predicted molar refractivity (Wildman–Crippen MR) is 103 cm³/mol. The van der Waals surface area contributed by atoms with Gasteiger partial charge in [0.1, 0.15) is 6.07 Å². The molecule has 3 unspecified atom stereocenters. The highest BCUT2D eigenvalue weighted by molar-refractivity contribution is 6.02. The van der Waals surface area contributed by atoms with Gasteiger partial charge in [0, 0.05) is 23.2 Å². The van der Waals surface area contributed by atoms with E-state index in [9.17, 15) is 10.1 Å². The lowest BCUT2D eigenvalue weighted by atomic mass is 9.54. The van der Waals surface area contributed by atoms with E-state index in [4.69, 9.17) is 0 Å². The Bertz CT molecular complexity index is 1120. The van der Waals surface area contributed by atoms with Crippen LogP contribution in [0.15, 0.2) is 54.4 Å². The maximum Gasteiger partial charge on any atom is 0.176 e. The van der Waals surface area contributed by atoms with Crippen LogP contribution in [-0.2, 0) is 16.6 Å². The van der Waals surface area contributed by atoms with Crippen LogP contribution in [0.5, 0.6) is 0 Å². The van der Waals surface area contributed by atoms with Crippen LogP contribution in [0.3, 0.4) is 0 Å². The molecule has 0 spiro atoms. The molecule has 2 N–H and O–H groups in total. The Balaban J connectivity index is 1.83. The number of carbonyl (C=O) groups excluding carboxylic acids is 1. The number of hydrogen-bond donors (Lipinski definition) is 2. The number of nitriles is 1. The number of rotatable bonds is 2. The molecule has 0 fully saturated rings. The Kier molecular flexibility index (Phi) is 3.59. The number of nitrogens with one attached hydrogen (secondary N) is 2. The lowest BCUT2D eigenvalue weighted by Gasteiger charge is -2.47. The second-order valence-electron chi connectivity index (χ2n) is 7.62. The molecule has 6 heteroatoms. The number of carbonyl (C=O) groups is 1. The van der Waals surface area contributed by atoms with Crippen molar-refractivity contribution in [3.63, 3.8) is 0 Å². The average molecular weight is 369 g/mol. The molecule has 3 aromatic rings. The van der Waals surface area contributed by atoms with Gasteiger partial charge in [-0.2, -0.15) is 15.5 Å². The smallest absolute Gasteiger partial charge is 0.176 e.